The highest BCUT2D eigenvalue weighted by Crippen LogP contribution is 2.21. The molecule has 0 spiro atoms. The van der Waals surface area contributed by atoms with Crippen LogP contribution < -0.4 is 5.32 Å². The molecule has 1 aliphatic rings. The largest absolute Gasteiger partial charge is 0.340 e. The Balaban J connectivity index is 0.00000176. The summed E-state index contributed by atoms with van der Waals surface area (Å²) in [7, 11) is 0. The molecule has 1 amide bonds. The molecule has 0 bridgehead atoms. The fourth-order valence-electron chi connectivity index (χ4n) is 2.39. The minimum Gasteiger partial charge on any atom is -0.340 e. The zero-order chi connectivity index (χ0) is 14.7. The monoisotopic (exact) mass is 342 g/mol. The molecule has 1 N–H and O–H groups in total. The van der Waals surface area contributed by atoms with E-state index in [1.165, 1.54) is 0 Å². The highest BCUT2D eigenvalue weighted by Gasteiger charge is 2.21. The minimum absolute atomic E-state index is 0. The molecular formula is C14H19ClN4O2S. The van der Waals surface area contributed by atoms with E-state index in [4.69, 9.17) is 4.52 Å². The zero-order valence-corrected chi connectivity index (χ0v) is 14.0. The van der Waals surface area contributed by atoms with Gasteiger partial charge in [0.25, 0.3) is 0 Å². The SMILES string of the molecule is CC1CN(C(=O)CCc2nc(-c3cccs3)no2)CCN1.Cl. The predicted molar refractivity (Wildman–Crippen MR) is 87.2 cm³/mol. The first kappa shape index (κ1) is 16.9. The van der Waals surface area contributed by atoms with Crippen molar-refractivity contribution in [2.24, 2.45) is 0 Å². The average molecular weight is 343 g/mol. The Morgan fingerprint density at radius 1 is 1.59 bits per heavy atom. The summed E-state index contributed by atoms with van der Waals surface area (Å²) >= 11 is 1.57. The van der Waals surface area contributed by atoms with Crippen LogP contribution in [-0.2, 0) is 11.2 Å². The Labute approximate surface area is 139 Å². The second-order valence-corrected chi connectivity index (χ2v) is 6.13. The number of halogens is 1. The number of nitrogens with one attached hydrogen (secondary N) is 1. The average Bonchev–Trinajstić information content (AvgIpc) is 3.15. The topological polar surface area (TPSA) is 71.3 Å². The zero-order valence-electron chi connectivity index (χ0n) is 12.3. The summed E-state index contributed by atoms with van der Waals surface area (Å²) in [4.78, 5) is 19.4. The van der Waals surface area contributed by atoms with Crippen LogP contribution in [0.15, 0.2) is 22.0 Å². The molecule has 1 aliphatic heterocycles. The Morgan fingerprint density at radius 3 is 3.18 bits per heavy atom. The number of hydrogen-bond acceptors (Lipinski definition) is 6. The molecule has 1 atom stereocenters. The first-order chi connectivity index (χ1) is 10.2. The van der Waals surface area contributed by atoms with E-state index in [2.05, 4.69) is 22.4 Å². The number of piperazine rings is 1. The maximum absolute atomic E-state index is 12.2. The van der Waals surface area contributed by atoms with Gasteiger partial charge in [0, 0.05) is 38.5 Å². The van der Waals surface area contributed by atoms with Gasteiger partial charge in [-0.1, -0.05) is 11.2 Å². The third-order valence-electron chi connectivity index (χ3n) is 3.48. The Morgan fingerprint density at radius 2 is 2.45 bits per heavy atom. The molecule has 8 heteroatoms. The van der Waals surface area contributed by atoms with Crippen LogP contribution in [0.25, 0.3) is 10.7 Å². The summed E-state index contributed by atoms with van der Waals surface area (Å²) in [6.07, 6.45) is 0.911. The molecule has 3 rings (SSSR count). The predicted octanol–water partition coefficient (Wildman–Crippen LogP) is 1.97. The third-order valence-corrected chi connectivity index (χ3v) is 4.35. The lowest BCUT2D eigenvalue weighted by Crippen LogP contribution is -2.51. The van der Waals surface area contributed by atoms with Gasteiger partial charge in [0.05, 0.1) is 4.88 Å². The number of carbonyl (C=O) groups is 1. The summed E-state index contributed by atoms with van der Waals surface area (Å²) in [5.41, 5.74) is 0. The van der Waals surface area contributed by atoms with E-state index in [0.29, 0.717) is 30.6 Å². The van der Waals surface area contributed by atoms with Gasteiger partial charge >= 0.3 is 0 Å². The fourth-order valence-corrected chi connectivity index (χ4v) is 3.04. The van der Waals surface area contributed by atoms with E-state index in [1.807, 2.05) is 22.4 Å². The molecule has 0 radical (unpaired) electrons. The van der Waals surface area contributed by atoms with Crippen molar-refractivity contribution < 1.29 is 9.32 Å². The molecular weight excluding hydrogens is 324 g/mol. The number of carbonyl (C=O) groups excluding carboxylic acids is 1. The molecule has 1 unspecified atom stereocenters. The van der Waals surface area contributed by atoms with E-state index >= 15 is 0 Å². The number of hydrogen-bond donors (Lipinski definition) is 1. The molecule has 2 aromatic heterocycles. The highest BCUT2D eigenvalue weighted by atomic mass is 35.5. The van der Waals surface area contributed by atoms with Crippen molar-refractivity contribution in [3.05, 3.63) is 23.4 Å². The van der Waals surface area contributed by atoms with Crippen LogP contribution >= 0.6 is 23.7 Å². The van der Waals surface area contributed by atoms with Crippen molar-refractivity contribution in [1.82, 2.24) is 20.4 Å². The second kappa shape index (κ2) is 7.71. The Bertz CT molecular complexity index is 602. The van der Waals surface area contributed by atoms with E-state index in [-0.39, 0.29) is 18.3 Å². The van der Waals surface area contributed by atoms with E-state index < -0.39 is 0 Å². The number of aryl methyl sites for hydroxylation is 1. The third kappa shape index (κ3) is 4.06. The van der Waals surface area contributed by atoms with E-state index in [9.17, 15) is 4.79 Å². The quantitative estimate of drug-likeness (QED) is 0.919. The van der Waals surface area contributed by atoms with Gasteiger partial charge in [-0.15, -0.1) is 23.7 Å². The molecule has 6 nitrogen and oxygen atoms in total. The van der Waals surface area contributed by atoms with Gasteiger partial charge in [0.2, 0.25) is 17.6 Å². The van der Waals surface area contributed by atoms with Crippen LogP contribution in [0.3, 0.4) is 0 Å². The molecule has 0 saturated carbocycles. The normalized spacial score (nSPS) is 18.0. The number of rotatable bonds is 4. The molecule has 0 aliphatic carbocycles. The summed E-state index contributed by atoms with van der Waals surface area (Å²) in [6.45, 7) is 4.48. The summed E-state index contributed by atoms with van der Waals surface area (Å²) in [5.74, 6) is 1.28. The first-order valence-corrected chi connectivity index (χ1v) is 7.98. The second-order valence-electron chi connectivity index (χ2n) is 5.18. The van der Waals surface area contributed by atoms with Crippen molar-refractivity contribution in [3.63, 3.8) is 0 Å². The molecule has 1 saturated heterocycles. The van der Waals surface area contributed by atoms with Crippen LogP contribution in [0.5, 0.6) is 0 Å². The molecule has 1 fully saturated rings. The summed E-state index contributed by atoms with van der Waals surface area (Å²) in [6, 6.07) is 4.26. The van der Waals surface area contributed by atoms with Crippen LogP contribution in [0, 0.1) is 0 Å². The van der Waals surface area contributed by atoms with Crippen molar-refractivity contribution in [2.75, 3.05) is 19.6 Å². The van der Waals surface area contributed by atoms with Crippen LogP contribution in [0.4, 0.5) is 0 Å². The van der Waals surface area contributed by atoms with Crippen molar-refractivity contribution >= 4 is 29.7 Å². The Kier molecular flexibility index (Phi) is 5.93. The standard InChI is InChI=1S/C14H18N4O2S.ClH/c1-10-9-18(7-6-15-10)13(19)5-4-12-16-14(17-20-12)11-3-2-8-21-11;/h2-3,8,10,15H,4-7,9H2,1H3;1H. The van der Waals surface area contributed by atoms with Crippen LogP contribution in [0.2, 0.25) is 0 Å². The van der Waals surface area contributed by atoms with Crippen molar-refractivity contribution in [3.8, 4) is 10.7 Å². The smallest absolute Gasteiger partial charge is 0.227 e. The highest BCUT2D eigenvalue weighted by molar-refractivity contribution is 7.13. The summed E-state index contributed by atoms with van der Waals surface area (Å²) < 4.78 is 5.21. The Hall–Kier alpha value is -1.44. The maximum Gasteiger partial charge on any atom is 0.227 e. The fraction of sp³-hybridized carbons (Fsp3) is 0.500. The van der Waals surface area contributed by atoms with Gasteiger partial charge in [0.1, 0.15) is 0 Å². The lowest BCUT2D eigenvalue weighted by atomic mass is 10.2. The van der Waals surface area contributed by atoms with Gasteiger partial charge in [-0.25, -0.2) is 0 Å². The lowest BCUT2D eigenvalue weighted by Gasteiger charge is -2.31. The van der Waals surface area contributed by atoms with E-state index in [1.54, 1.807) is 11.3 Å². The molecule has 22 heavy (non-hydrogen) atoms. The van der Waals surface area contributed by atoms with Crippen molar-refractivity contribution in [1.29, 1.82) is 0 Å². The number of amides is 1. The molecule has 0 aromatic carbocycles. The lowest BCUT2D eigenvalue weighted by molar-refractivity contribution is -0.132. The van der Waals surface area contributed by atoms with Gasteiger partial charge in [-0.3, -0.25) is 4.79 Å². The van der Waals surface area contributed by atoms with Crippen LogP contribution in [-0.4, -0.2) is 46.6 Å². The molecule has 3 heterocycles. The molecule has 120 valence electrons. The van der Waals surface area contributed by atoms with Gasteiger partial charge in [-0.05, 0) is 18.4 Å². The van der Waals surface area contributed by atoms with Crippen molar-refractivity contribution in [2.45, 2.75) is 25.8 Å². The number of aromatic nitrogens is 2. The van der Waals surface area contributed by atoms with E-state index in [0.717, 1.165) is 24.5 Å². The van der Waals surface area contributed by atoms with Gasteiger partial charge in [-0.2, -0.15) is 4.98 Å². The summed E-state index contributed by atoms with van der Waals surface area (Å²) in [5, 5.41) is 9.25. The van der Waals surface area contributed by atoms with Crippen LogP contribution in [0.1, 0.15) is 19.2 Å². The van der Waals surface area contributed by atoms with Gasteiger partial charge < -0.3 is 14.7 Å². The minimum atomic E-state index is 0. The number of thiophene rings is 1. The van der Waals surface area contributed by atoms with Gasteiger partial charge in [0.15, 0.2) is 0 Å². The maximum atomic E-state index is 12.2. The molecule has 2 aromatic rings. The number of nitrogens with zero attached hydrogens (tertiary/aromatic N) is 3. The first-order valence-electron chi connectivity index (χ1n) is 7.10.